The van der Waals surface area contributed by atoms with Crippen LogP contribution in [0.1, 0.15) is 12.8 Å². The molecule has 9 heteroatoms. The number of piperidine rings is 1. The van der Waals surface area contributed by atoms with Gasteiger partial charge in [0.25, 0.3) is 0 Å². The summed E-state index contributed by atoms with van der Waals surface area (Å²) in [5.74, 6) is -2.76. The first-order valence-electron chi connectivity index (χ1n) is 6.13. The molecule has 2 rings (SSSR count). The summed E-state index contributed by atoms with van der Waals surface area (Å²) in [4.78, 5) is 21.4. The largest absolute Gasteiger partial charge is 0.490 e. The molecule has 0 atom stereocenters. The fraction of sp³-hybridized carbons (Fsp3) is 0.818. The van der Waals surface area contributed by atoms with Crippen molar-refractivity contribution in [2.75, 3.05) is 32.8 Å². The number of carbonyl (C=O) groups is 2. The second-order valence-corrected chi connectivity index (χ2v) is 4.66. The third-order valence-corrected chi connectivity index (χ3v) is 3.18. The number of nitrogens with one attached hydrogen (secondary N) is 1. The van der Waals surface area contributed by atoms with Gasteiger partial charge in [-0.2, -0.15) is 13.2 Å². The third kappa shape index (κ3) is 4.97. The molecule has 2 saturated heterocycles. The van der Waals surface area contributed by atoms with Crippen molar-refractivity contribution in [3.8, 4) is 0 Å². The highest BCUT2D eigenvalue weighted by atomic mass is 19.4. The molecule has 0 bridgehead atoms. The Kier molecular flexibility index (Phi) is 5.75. The van der Waals surface area contributed by atoms with Crippen molar-refractivity contribution in [1.29, 1.82) is 0 Å². The Bertz CT molecular complexity index is 338. The average Bonchev–Trinajstić information content (AvgIpc) is 2.39. The van der Waals surface area contributed by atoms with Crippen LogP contribution in [-0.4, -0.2) is 66.9 Å². The van der Waals surface area contributed by atoms with Gasteiger partial charge in [-0.15, -0.1) is 0 Å². The third-order valence-electron chi connectivity index (χ3n) is 3.18. The zero-order valence-corrected chi connectivity index (χ0v) is 10.8. The van der Waals surface area contributed by atoms with Gasteiger partial charge in [0.2, 0.25) is 6.41 Å². The van der Waals surface area contributed by atoms with Crippen LogP contribution in [0.15, 0.2) is 0 Å². The summed E-state index contributed by atoms with van der Waals surface area (Å²) in [7, 11) is 0. The van der Waals surface area contributed by atoms with Crippen LogP contribution in [0, 0.1) is 0 Å². The van der Waals surface area contributed by atoms with Gasteiger partial charge in [-0.3, -0.25) is 4.79 Å². The van der Waals surface area contributed by atoms with E-state index in [-0.39, 0.29) is 5.60 Å². The molecule has 2 fully saturated rings. The van der Waals surface area contributed by atoms with Crippen molar-refractivity contribution in [3.63, 3.8) is 0 Å². The number of carboxylic acids is 1. The SMILES string of the molecule is O=C(O)C(F)(F)F.O=CN1CCOC2(CCNCC2)C1. The quantitative estimate of drug-likeness (QED) is 0.678. The van der Waals surface area contributed by atoms with Gasteiger partial charge in [0.15, 0.2) is 0 Å². The van der Waals surface area contributed by atoms with E-state index in [1.54, 1.807) is 0 Å². The Morgan fingerprint density at radius 2 is 1.90 bits per heavy atom. The monoisotopic (exact) mass is 298 g/mol. The van der Waals surface area contributed by atoms with Crippen LogP contribution in [0.4, 0.5) is 13.2 Å². The fourth-order valence-corrected chi connectivity index (χ4v) is 2.15. The standard InChI is InChI=1S/C9H16N2O2.C2HF3O2/c12-8-11-5-6-13-9(7-11)1-3-10-4-2-9;3-2(4,5)1(6)7/h8,10H,1-7H2;(H,6,7). The summed E-state index contributed by atoms with van der Waals surface area (Å²) in [5.41, 5.74) is -0.0373. The van der Waals surface area contributed by atoms with E-state index in [4.69, 9.17) is 14.6 Å². The van der Waals surface area contributed by atoms with Crippen LogP contribution in [0.3, 0.4) is 0 Å². The fourth-order valence-electron chi connectivity index (χ4n) is 2.15. The summed E-state index contributed by atoms with van der Waals surface area (Å²) in [6.45, 7) is 4.23. The Morgan fingerprint density at radius 3 is 2.35 bits per heavy atom. The highest BCUT2D eigenvalue weighted by Gasteiger charge is 2.38. The molecule has 2 aliphatic rings. The molecule has 0 aromatic carbocycles. The first-order valence-corrected chi connectivity index (χ1v) is 6.13. The summed E-state index contributed by atoms with van der Waals surface area (Å²) in [6.07, 6.45) is -2.10. The number of morpholine rings is 1. The number of carboxylic acid groups (broad SMARTS) is 1. The summed E-state index contributed by atoms with van der Waals surface area (Å²) in [6, 6.07) is 0. The van der Waals surface area contributed by atoms with Crippen LogP contribution < -0.4 is 5.32 Å². The number of nitrogens with zero attached hydrogens (tertiary/aromatic N) is 1. The lowest BCUT2D eigenvalue weighted by atomic mass is 9.90. The Hall–Kier alpha value is -1.35. The van der Waals surface area contributed by atoms with Crippen molar-refractivity contribution in [3.05, 3.63) is 0 Å². The molecular weight excluding hydrogens is 281 g/mol. The van der Waals surface area contributed by atoms with Crippen LogP contribution in [0.5, 0.6) is 0 Å². The zero-order chi connectivity index (χ0) is 15.2. The minimum absolute atomic E-state index is 0.0373. The molecule has 6 nitrogen and oxygen atoms in total. The lowest BCUT2D eigenvalue weighted by Gasteiger charge is -2.43. The van der Waals surface area contributed by atoms with Gasteiger partial charge in [-0.05, 0) is 25.9 Å². The molecule has 20 heavy (non-hydrogen) atoms. The number of aliphatic carboxylic acids is 1. The lowest BCUT2D eigenvalue weighted by Crippen LogP contribution is -2.55. The van der Waals surface area contributed by atoms with E-state index in [2.05, 4.69) is 5.32 Å². The van der Waals surface area contributed by atoms with Gasteiger partial charge < -0.3 is 20.1 Å². The Morgan fingerprint density at radius 1 is 1.35 bits per heavy atom. The normalized spacial score (nSPS) is 21.9. The Labute approximate surface area is 113 Å². The summed E-state index contributed by atoms with van der Waals surface area (Å²) >= 11 is 0. The highest BCUT2D eigenvalue weighted by molar-refractivity contribution is 5.73. The molecule has 0 aromatic rings. The van der Waals surface area contributed by atoms with Crippen molar-refractivity contribution in [2.45, 2.75) is 24.6 Å². The molecule has 2 heterocycles. The van der Waals surface area contributed by atoms with Crippen molar-refractivity contribution in [1.82, 2.24) is 10.2 Å². The number of amides is 1. The second kappa shape index (κ2) is 6.89. The molecule has 0 unspecified atom stereocenters. The topological polar surface area (TPSA) is 78.9 Å². The Balaban J connectivity index is 0.000000246. The minimum Gasteiger partial charge on any atom is -0.475 e. The number of rotatable bonds is 1. The van der Waals surface area contributed by atoms with E-state index in [1.807, 2.05) is 4.90 Å². The molecule has 2 aliphatic heterocycles. The lowest BCUT2D eigenvalue weighted by molar-refractivity contribution is -0.192. The van der Waals surface area contributed by atoms with Gasteiger partial charge in [-0.1, -0.05) is 0 Å². The number of hydrogen-bond donors (Lipinski definition) is 2. The minimum atomic E-state index is -5.08. The number of halogens is 3. The van der Waals surface area contributed by atoms with Crippen molar-refractivity contribution < 1.29 is 32.6 Å². The van der Waals surface area contributed by atoms with Gasteiger partial charge in [0.05, 0.1) is 12.2 Å². The van der Waals surface area contributed by atoms with Crippen LogP contribution in [0.25, 0.3) is 0 Å². The maximum absolute atomic E-state index is 10.6. The van der Waals surface area contributed by atoms with E-state index < -0.39 is 12.1 Å². The summed E-state index contributed by atoms with van der Waals surface area (Å²) in [5, 5.41) is 10.4. The first-order chi connectivity index (χ1) is 9.29. The van der Waals surface area contributed by atoms with Gasteiger partial charge in [-0.25, -0.2) is 4.79 Å². The molecule has 1 spiro atoms. The van der Waals surface area contributed by atoms with E-state index in [9.17, 15) is 18.0 Å². The molecule has 0 aliphatic carbocycles. The zero-order valence-electron chi connectivity index (χ0n) is 10.8. The van der Waals surface area contributed by atoms with Crippen LogP contribution in [-0.2, 0) is 14.3 Å². The molecule has 2 N–H and O–H groups in total. The van der Waals surface area contributed by atoms with Crippen LogP contribution in [0.2, 0.25) is 0 Å². The van der Waals surface area contributed by atoms with Crippen molar-refractivity contribution >= 4 is 12.4 Å². The van der Waals surface area contributed by atoms with E-state index in [0.29, 0.717) is 6.61 Å². The predicted octanol–water partition coefficient (Wildman–Crippen LogP) is 0.230. The molecule has 1 amide bonds. The first kappa shape index (κ1) is 16.7. The van der Waals surface area contributed by atoms with E-state index >= 15 is 0 Å². The van der Waals surface area contributed by atoms with E-state index in [1.165, 1.54) is 0 Å². The van der Waals surface area contributed by atoms with Crippen molar-refractivity contribution in [2.24, 2.45) is 0 Å². The van der Waals surface area contributed by atoms with Gasteiger partial charge in [0, 0.05) is 13.1 Å². The van der Waals surface area contributed by atoms with E-state index in [0.717, 1.165) is 45.4 Å². The second-order valence-electron chi connectivity index (χ2n) is 4.66. The number of carbonyl (C=O) groups excluding carboxylic acids is 1. The maximum Gasteiger partial charge on any atom is 0.490 e. The summed E-state index contributed by atoms with van der Waals surface area (Å²) < 4.78 is 37.5. The van der Waals surface area contributed by atoms with Crippen LogP contribution >= 0.6 is 0 Å². The molecular formula is C11H17F3N2O4. The van der Waals surface area contributed by atoms with Gasteiger partial charge in [0.1, 0.15) is 0 Å². The number of hydrogen-bond acceptors (Lipinski definition) is 4. The predicted molar refractivity (Wildman–Crippen MR) is 62.1 cm³/mol. The smallest absolute Gasteiger partial charge is 0.475 e. The number of ether oxygens (including phenoxy) is 1. The highest BCUT2D eigenvalue weighted by Crippen LogP contribution is 2.26. The molecule has 0 aromatic heterocycles. The molecule has 0 radical (unpaired) electrons. The molecule has 0 saturated carbocycles. The molecule has 116 valence electrons. The number of alkyl halides is 3. The average molecular weight is 298 g/mol. The van der Waals surface area contributed by atoms with Gasteiger partial charge >= 0.3 is 12.1 Å². The maximum atomic E-state index is 10.6.